The molecule has 88 valence electrons. The molecule has 0 spiro atoms. The second-order valence-electron chi connectivity index (χ2n) is 3.60. The van der Waals surface area contributed by atoms with E-state index in [9.17, 15) is 4.39 Å². The standard InChI is InChI=1S/C14H14FNS/c15-12-6-8-13(9-7-12)16-10-11-17-14-4-2-1-3-5-14/h1-9,16H,10-11H2. The summed E-state index contributed by atoms with van der Waals surface area (Å²) in [5, 5.41) is 3.25. The number of rotatable bonds is 5. The lowest BCUT2D eigenvalue weighted by Crippen LogP contribution is -2.03. The van der Waals surface area contributed by atoms with Gasteiger partial charge in [0.2, 0.25) is 0 Å². The number of benzene rings is 2. The molecule has 0 saturated carbocycles. The van der Waals surface area contributed by atoms with Crippen LogP contribution in [0, 0.1) is 5.82 Å². The van der Waals surface area contributed by atoms with Gasteiger partial charge in [0.05, 0.1) is 0 Å². The van der Waals surface area contributed by atoms with E-state index in [1.54, 1.807) is 23.9 Å². The van der Waals surface area contributed by atoms with E-state index in [0.717, 1.165) is 18.0 Å². The molecule has 2 rings (SSSR count). The van der Waals surface area contributed by atoms with E-state index in [1.165, 1.54) is 17.0 Å². The molecule has 0 aliphatic carbocycles. The second-order valence-corrected chi connectivity index (χ2v) is 4.76. The Hall–Kier alpha value is -1.48. The summed E-state index contributed by atoms with van der Waals surface area (Å²) in [7, 11) is 0. The van der Waals surface area contributed by atoms with Crippen molar-refractivity contribution >= 4 is 17.4 Å². The lowest BCUT2D eigenvalue weighted by atomic mass is 10.3. The van der Waals surface area contributed by atoms with E-state index in [2.05, 4.69) is 17.4 Å². The zero-order valence-corrected chi connectivity index (χ0v) is 10.2. The largest absolute Gasteiger partial charge is 0.384 e. The highest BCUT2D eigenvalue weighted by Gasteiger charge is 1.94. The van der Waals surface area contributed by atoms with Crippen molar-refractivity contribution in [1.29, 1.82) is 0 Å². The number of hydrogen-bond acceptors (Lipinski definition) is 2. The van der Waals surface area contributed by atoms with Crippen molar-refractivity contribution in [3.05, 3.63) is 60.4 Å². The van der Waals surface area contributed by atoms with Crippen LogP contribution in [0.4, 0.5) is 10.1 Å². The maximum atomic E-state index is 12.7. The average Bonchev–Trinajstić information content (AvgIpc) is 2.38. The first-order valence-electron chi connectivity index (χ1n) is 5.52. The zero-order chi connectivity index (χ0) is 11.9. The fraction of sp³-hybridized carbons (Fsp3) is 0.143. The van der Waals surface area contributed by atoms with Gasteiger partial charge in [0, 0.05) is 22.9 Å². The Morgan fingerprint density at radius 2 is 1.65 bits per heavy atom. The molecule has 2 aromatic rings. The summed E-state index contributed by atoms with van der Waals surface area (Å²) in [6.45, 7) is 0.866. The SMILES string of the molecule is Fc1ccc(NCCSc2ccccc2)cc1. The van der Waals surface area contributed by atoms with Crippen LogP contribution in [0.15, 0.2) is 59.5 Å². The van der Waals surface area contributed by atoms with Crippen LogP contribution in [-0.4, -0.2) is 12.3 Å². The van der Waals surface area contributed by atoms with Crippen molar-refractivity contribution in [2.24, 2.45) is 0 Å². The lowest BCUT2D eigenvalue weighted by Gasteiger charge is -2.05. The molecule has 0 aliphatic heterocycles. The Labute approximate surface area is 105 Å². The van der Waals surface area contributed by atoms with Gasteiger partial charge in [-0.2, -0.15) is 0 Å². The van der Waals surface area contributed by atoms with Crippen LogP contribution in [0.25, 0.3) is 0 Å². The van der Waals surface area contributed by atoms with Gasteiger partial charge in [-0.05, 0) is 36.4 Å². The van der Waals surface area contributed by atoms with Crippen molar-refractivity contribution in [2.45, 2.75) is 4.90 Å². The highest BCUT2D eigenvalue weighted by atomic mass is 32.2. The van der Waals surface area contributed by atoms with Gasteiger partial charge in [0.1, 0.15) is 5.82 Å². The molecule has 0 aromatic heterocycles. The van der Waals surface area contributed by atoms with E-state index in [4.69, 9.17) is 0 Å². The molecular formula is C14H14FNS. The van der Waals surface area contributed by atoms with Crippen LogP contribution in [0.3, 0.4) is 0 Å². The maximum absolute atomic E-state index is 12.7. The fourth-order valence-corrected chi connectivity index (χ4v) is 2.24. The number of hydrogen-bond donors (Lipinski definition) is 1. The number of thioether (sulfide) groups is 1. The third kappa shape index (κ3) is 4.11. The van der Waals surface area contributed by atoms with E-state index in [0.29, 0.717) is 0 Å². The summed E-state index contributed by atoms with van der Waals surface area (Å²) in [5.74, 6) is 0.788. The van der Waals surface area contributed by atoms with Gasteiger partial charge >= 0.3 is 0 Å². The predicted molar refractivity (Wildman–Crippen MR) is 72.1 cm³/mol. The quantitative estimate of drug-likeness (QED) is 0.632. The van der Waals surface area contributed by atoms with Crippen LogP contribution in [0.5, 0.6) is 0 Å². The lowest BCUT2D eigenvalue weighted by molar-refractivity contribution is 0.628. The Morgan fingerprint density at radius 1 is 0.941 bits per heavy atom. The Morgan fingerprint density at radius 3 is 2.35 bits per heavy atom. The molecule has 0 amide bonds. The van der Waals surface area contributed by atoms with Crippen LogP contribution in [0.2, 0.25) is 0 Å². The molecule has 0 radical (unpaired) electrons. The van der Waals surface area contributed by atoms with Crippen LogP contribution >= 0.6 is 11.8 Å². The van der Waals surface area contributed by atoms with E-state index in [-0.39, 0.29) is 5.82 Å². The summed E-state index contributed by atoms with van der Waals surface area (Å²) >= 11 is 1.81. The minimum Gasteiger partial charge on any atom is -0.384 e. The highest BCUT2D eigenvalue weighted by molar-refractivity contribution is 7.99. The first kappa shape index (κ1) is 12.0. The van der Waals surface area contributed by atoms with Crippen molar-refractivity contribution < 1.29 is 4.39 Å². The summed E-state index contributed by atoms with van der Waals surface area (Å²) in [6, 6.07) is 16.7. The molecule has 0 saturated heterocycles. The molecule has 0 bridgehead atoms. The average molecular weight is 247 g/mol. The third-order valence-electron chi connectivity index (χ3n) is 2.29. The van der Waals surface area contributed by atoms with Crippen molar-refractivity contribution in [3.63, 3.8) is 0 Å². The van der Waals surface area contributed by atoms with Gasteiger partial charge in [-0.3, -0.25) is 0 Å². The molecule has 0 aliphatic rings. The number of anilines is 1. The van der Waals surface area contributed by atoms with Crippen LogP contribution in [0.1, 0.15) is 0 Å². The minimum atomic E-state index is -0.200. The number of nitrogens with one attached hydrogen (secondary N) is 1. The highest BCUT2D eigenvalue weighted by Crippen LogP contribution is 2.16. The summed E-state index contributed by atoms with van der Waals surface area (Å²) in [4.78, 5) is 1.27. The normalized spacial score (nSPS) is 10.2. The monoisotopic (exact) mass is 247 g/mol. The second kappa shape index (κ2) is 6.30. The predicted octanol–water partition coefficient (Wildman–Crippen LogP) is 4.03. The molecule has 0 unspecified atom stereocenters. The van der Waals surface area contributed by atoms with E-state index >= 15 is 0 Å². The molecule has 1 N–H and O–H groups in total. The molecule has 0 heterocycles. The fourth-order valence-electron chi connectivity index (χ4n) is 1.45. The first-order valence-corrected chi connectivity index (χ1v) is 6.50. The molecule has 17 heavy (non-hydrogen) atoms. The molecule has 3 heteroatoms. The first-order chi connectivity index (χ1) is 8.34. The van der Waals surface area contributed by atoms with Gasteiger partial charge in [-0.15, -0.1) is 11.8 Å². The Bertz CT molecular complexity index is 442. The summed E-state index contributed by atoms with van der Waals surface area (Å²) in [5.41, 5.74) is 0.958. The van der Waals surface area contributed by atoms with Crippen molar-refractivity contribution in [3.8, 4) is 0 Å². The maximum Gasteiger partial charge on any atom is 0.123 e. The Kier molecular flexibility index (Phi) is 4.45. The molecule has 0 fully saturated rings. The molecular weight excluding hydrogens is 233 g/mol. The van der Waals surface area contributed by atoms with Gasteiger partial charge < -0.3 is 5.32 Å². The summed E-state index contributed by atoms with van der Waals surface area (Å²) in [6.07, 6.45) is 0. The zero-order valence-electron chi connectivity index (χ0n) is 9.40. The molecule has 2 aromatic carbocycles. The van der Waals surface area contributed by atoms with Crippen molar-refractivity contribution in [1.82, 2.24) is 0 Å². The smallest absolute Gasteiger partial charge is 0.123 e. The Balaban J connectivity index is 1.71. The van der Waals surface area contributed by atoms with Crippen molar-refractivity contribution in [2.75, 3.05) is 17.6 Å². The topological polar surface area (TPSA) is 12.0 Å². The minimum absolute atomic E-state index is 0.200. The van der Waals surface area contributed by atoms with Crippen LogP contribution in [-0.2, 0) is 0 Å². The van der Waals surface area contributed by atoms with Crippen LogP contribution < -0.4 is 5.32 Å². The molecule has 0 atom stereocenters. The summed E-state index contributed by atoms with van der Waals surface area (Å²) < 4.78 is 12.7. The van der Waals surface area contributed by atoms with Gasteiger partial charge in [0.25, 0.3) is 0 Å². The van der Waals surface area contributed by atoms with Gasteiger partial charge in [0.15, 0.2) is 0 Å². The van der Waals surface area contributed by atoms with E-state index in [1.807, 2.05) is 18.2 Å². The third-order valence-corrected chi connectivity index (χ3v) is 3.30. The molecule has 1 nitrogen and oxygen atoms in total. The van der Waals surface area contributed by atoms with Gasteiger partial charge in [-0.25, -0.2) is 4.39 Å². The van der Waals surface area contributed by atoms with Gasteiger partial charge in [-0.1, -0.05) is 18.2 Å². The number of halogens is 1. The van der Waals surface area contributed by atoms with E-state index < -0.39 is 0 Å².